The van der Waals surface area contributed by atoms with Gasteiger partial charge >= 0.3 is 0 Å². The number of benzene rings is 1. The van der Waals surface area contributed by atoms with E-state index in [0.717, 1.165) is 28.5 Å². The van der Waals surface area contributed by atoms with Crippen LogP contribution in [0.15, 0.2) is 35.5 Å². The second kappa shape index (κ2) is 4.77. The first-order valence-corrected chi connectivity index (χ1v) is 8.54. The second-order valence-corrected chi connectivity index (χ2v) is 8.02. The highest BCUT2D eigenvalue weighted by molar-refractivity contribution is 7.99. The minimum absolute atomic E-state index is 0.342. The van der Waals surface area contributed by atoms with E-state index >= 15 is 0 Å². The molecule has 2 aromatic heterocycles. The quantitative estimate of drug-likeness (QED) is 0.521. The zero-order chi connectivity index (χ0) is 14.6. The first-order chi connectivity index (χ1) is 10.1. The Morgan fingerprint density at radius 1 is 1.33 bits per heavy atom. The van der Waals surface area contributed by atoms with Crippen molar-refractivity contribution in [2.45, 2.75) is 22.8 Å². The van der Waals surface area contributed by atoms with E-state index in [0.29, 0.717) is 5.92 Å². The Labute approximate surface area is 136 Å². The van der Waals surface area contributed by atoms with Gasteiger partial charge in [0.25, 0.3) is 0 Å². The number of pyridine rings is 1. The van der Waals surface area contributed by atoms with Gasteiger partial charge < -0.3 is 0 Å². The van der Waals surface area contributed by atoms with Crippen molar-refractivity contribution in [2.75, 3.05) is 5.75 Å². The fourth-order valence-corrected chi connectivity index (χ4v) is 4.48. The van der Waals surface area contributed by atoms with Crippen molar-refractivity contribution in [3.63, 3.8) is 0 Å². The molecule has 1 unspecified atom stereocenters. The van der Waals surface area contributed by atoms with Crippen LogP contribution in [-0.4, -0.2) is 24.7 Å². The molecular weight excluding hydrogens is 325 g/mol. The Morgan fingerprint density at radius 3 is 2.86 bits per heavy atom. The molecule has 0 amide bonds. The molecule has 1 aliphatic rings. The monoisotopic (exact) mass is 337 g/mol. The van der Waals surface area contributed by atoms with Crippen LogP contribution in [-0.2, 0) is 0 Å². The average molecular weight is 338 g/mol. The van der Waals surface area contributed by atoms with Crippen molar-refractivity contribution in [3.8, 4) is 0 Å². The molecule has 0 radical (unpaired) electrons. The molecule has 6 heteroatoms. The Kier molecular flexibility index (Phi) is 3.10. The summed E-state index contributed by atoms with van der Waals surface area (Å²) in [6.07, 6.45) is 0.861. The van der Waals surface area contributed by atoms with E-state index in [1.165, 1.54) is 10.9 Å². The normalized spacial score (nSPS) is 20.2. The van der Waals surface area contributed by atoms with Crippen LogP contribution < -0.4 is 0 Å². The molecule has 0 aliphatic heterocycles. The maximum atomic E-state index is 6.09. The molecule has 1 atom stereocenters. The van der Waals surface area contributed by atoms with Crippen molar-refractivity contribution < 1.29 is 0 Å². The summed E-state index contributed by atoms with van der Waals surface area (Å²) >= 11 is 13.9. The molecule has 0 bridgehead atoms. The van der Waals surface area contributed by atoms with Crippen LogP contribution in [0.4, 0.5) is 0 Å². The highest BCUT2D eigenvalue weighted by Gasteiger charge is 2.51. The van der Waals surface area contributed by atoms with Gasteiger partial charge in [-0.2, -0.15) is 0 Å². The fourth-order valence-electron chi connectivity index (χ4n) is 2.59. The summed E-state index contributed by atoms with van der Waals surface area (Å²) in [5.74, 6) is 1.21. The summed E-state index contributed by atoms with van der Waals surface area (Å²) in [6, 6.07) is 10.4. The van der Waals surface area contributed by atoms with E-state index in [4.69, 9.17) is 23.2 Å². The molecule has 1 aromatic carbocycles. The lowest BCUT2D eigenvalue weighted by Crippen LogP contribution is -1.96. The van der Waals surface area contributed by atoms with Crippen LogP contribution in [0.3, 0.4) is 0 Å². The lowest BCUT2D eigenvalue weighted by molar-refractivity contribution is 0.922. The maximum Gasteiger partial charge on any atom is 0.196 e. The molecule has 1 fully saturated rings. The number of nitrogens with zero attached hydrogens (tertiary/aromatic N) is 3. The number of thioether (sulfide) groups is 1. The molecule has 108 valence electrons. The number of aromatic nitrogens is 3. The average Bonchev–Trinajstić information content (AvgIpc) is 2.89. The van der Waals surface area contributed by atoms with Gasteiger partial charge in [-0.15, -0.1) is 33.4 Å². The number of alkyl halides is 2. The molecule has 0 N–H and O–H groups in total. The van der Waals surface area contributed by atoms with Crippen LogP contribution >= 0.6 is 35.0 Å². The molecule has 21 heavy (non-hydrogen) atoms. The molecule has 0 saturated heterocycles. The molecule has 1 saturated carbocycles. The van der Waals surface area contributed by atoms with E-state index < -0.39 is 4.33 Å². The lowest BCUT2D eigenvalue weighted by atomic mass is 10.1. The molecular formula is C15H13Cl2N3S. The first-order valence-electron chi connectivity index (χ1n) is 6.80. The maximum absolute atomic E-state index is 6.09. The molecule has 3 aromatic rings. The fraction of sp³-hybridized carbons (Fsp3) is 0.333. The van der Waals surface area contributed by atoms with Crippen LogP contribution in [0.5, 0.6) is 0 Å². The second-order valence-electron chi connectivity index (χ2n) is 5.49. The Balaban J connectivity index is 1.78. The number of fused-ring (bicyclic) bond motifs is 3. The van der Waals surface area contributed by atoms with E-state index in [9.17, 15) is 0 Å². The smallest absolute Gasteiger partial charge is 0.196 e. The Hall–Kier alpha value is -0.970. The number of halogens is 2. The van der Waals surface area contributed by atoms with Gasteiger partial charge in [0.2, 0.25) is 0 Å². The number of hydrogen-bond donors (Lipinski definition) is 0. The van der Waals surface area contributed by atoms with E-state index in [1.54, 1.807) is 11.8 Å². The van der Waals surface area contributed by atoms with Gasteiger partial charge in [0.05, 0.1) is 5.52 Å². The highest BCUT2D eigenvalue weighted by Crippen LogP contribution is 2.54. The highest BCUT2D eigenvalue weighted by atomic mass is 35.5. The number of hydrogen-bond acceptors (Lipinski definition) is 3. The first kappa shape index (κ1) is 13.7. The van der Waals surface area contributed by atoms with Gasteiger partial charge in [-0.05, 0) is 31.0 Å². The van der Waals surface area contributed by atoms with Crippen molar-refractivity contribution in [2.24, 2.45) is 5.92 Å². The van der Waals surface area contributed by atoms with Gasteiger partial charge in [0.1, 0.15) is 4.33 Å². The van der Waals surface area contributed by atoms with Gasteiger partial charge in [-0.3, -0.25) is 4.40 Å². The third-order valence-electron chi connectivity index (χ3n) is 3.94. The lowest BCUT2D eigenvalue weighted by Gasteiger charge is -2.07. The predicted molar refractivity (Wildman–Crippen MR) is 88.5 cm³/mol. The van der Waals surface area contributed by atoms with Crippen LogP contribution in [0, 0.1) is 12.8 Å². The van der Waals surface area contributed by atoms with Crippen molar-refractivity contribution in [1.82, 2.24) is 14.6 Å². The third kappa shape index (κ3) is 2.30. The number of rotatable bonds is 3. The van der Waals surface area contributed by atoms with Crippen molar-refractivity contribution in [1.29, 1.82) is 0 Å². The SMILES string of the molecule is Cc1cc2nnc(SCC3CC3(Cl)Cl)n2c2ccccc12. The summed E-state index contributed by atoms with van der Waals surface area (Å²) in [5, 5.41) is 10.7. The summed E-state index contributed by atoms with van der Waals surface area (Å²) in [5.41, 5.74) is 3.23. The largest absolute Gasteiger partial charge is 0.270 e. The minimum Gasteiger partial charge on any atom is -0.270 e. The van der Waals surface area contributed by atoms with Crippen LogP contribution in [0.2, 0.25) is 0 Å². The standard InChI is InChI=1S/C15H13Cl2N3S/c1-9-6-13-18-19-14(21-8-10-7-15(10,16)17)20(13)12-5-3-2-4-11(9)12/h2-6,10H,7-8H2,1H3. The van der Waals surface area contributed by atoms with Crippen LogP contribution in [0.25, 0.3) is 16.6 Å². The van der Waals surface area contributed by atoms with E-state index in [-0.39, 0.29) is 0 Å². The molecule has 0 spiro atoms. The van der Waals surface area contributed by atoms with Gasteiger partial charge in [-0.25, -0.2) is 0 Å². The van der Waals surface area contributed by atoms with Crippen LogP contribution in [0.1, 0.15) is 12.0 Å². The van der Waals surface area contributed by atoms with Gasteiger partial charge in [0.15, 0.2) is 10.8 Å². The zero-order valence-corrected chi connectivity index (χ0v) is 13.7. The zero-order valence-electron chi connectivity index (χ0n) is 11.4. The van der Waals surface area contributed by atoms with Crippen molar-refractivity contribution in [3.05, 3.63) is 35.9 Å². The Morgan fingerprint density at radius 2 is 2.10 bits per heavy atom. The predicted octanol–water partition coefficient (Wildman–Crippen LogP) is 4.48. The van der Waals surface area contributed by atoms with E-state index in [2.05, 4.69) is 45.8 Å². The van der Waals surface area contributed by atoms with Gasteiger partial charge in [-0.1, -0.05) is 30.0 Å². The summed E-state index contributed by atoms with van der Waals surface area (Å²) in [7, 11) is 0. The summed E-state index contributed by atoms with van der Waals surface area (Å²) < 4.78 is 1.58. The van der Waals surface area contributed by atoms with E-state index in [1.807, 2.05) is 6.07 Å². The molecule has 2 heterocycles. The minimum atomic E-state index is -0.536. The summed E-state index contributed by atoms with van der Waals surface area (Å²) in [4.78, 5) is 0. The summed E-state index contributed by atoms with van der Waals surface area (Å²) in [6.45, 7) is 2.10. The Bertz CT molecular complexity index is 843. The van der Waals surface area contributed by atoms with Gasteiger partial charge in [0, 0.05) is 17.1 Å². The molecule has 4 rings (SSSR count). The molecule has 1 aliphatic carbocycles. The van der Waals surface area contributed by atoms with Crippen molar-refractivity contribution >= 4 is 51.5 Å². The number of para-hydroxylation sites is 1. The molecule has 3 nitrogen and oxygen atoms in total. The third-order valence-corrected chi connectivity index (χ3v) is 5.96. The topological polar surface area (TPSA) is 30.2 Å². The number of aryl methyl sites for hydroxylation is 1.